The Labute approximate surface area is 246 Å². The highest BCUT2D eigenvalue weighted by Crippen LogP contribution is 2.31. The first-order chi connectivity index (χ1) is 19.8. The SMILES string of the molecule is C=N/C(=C\C=C(/C)[C@@H](C1CCN(CC)CC1)S(C)(=O)=O)Nc1ncc(F)c(-c2cc(F)c3nc(C)n(C(C)C)c3c2)n1. The number of sulfone groups is 1. The van der Waals surface area contributed by atoms with Gasteiger partial charge in [-0.15, -0.1) is 0 Å². The number of fused-ring (bicyclic) bond motifs is 1. The van der Waals surface area contributed by atoms with E-state index >= 15 is 4.39 Å². The van der Waals surface area contributed by atoms with Crippen LogP contribution in [0.15, 0.2) is 46.9 Å². The fourth-order valence-corrected chi connectivity index (χ4v) is 7.60. The van der Waals surface area contributed by atoms with Gasteiger partial charge < -0.3 is 14.8 Å². The Hall–Kier alpha value is -3.51. The molecule has 0 amide bonds. The summed E-state index contributed by atoms with van der Waals surface area (Å²) in [6.07, 6.45) is 7.20. The summed E-state index contributed by atoms with van der Waals surface area (Å²) in [4.78, 5) is 19.0. The summed E-state index contributed by atoms with van der Waals surface area (Å²) in [6, 6.07) is 2.89. The summed E-state index contributed by atoms with van der Waals surface area (Å²) in [7, 11) is -3.35. The van der Waals surface area contributed by atoms with E-state index in [9.17, 15) is 12.8 Å². The zero-order valence-corrected chi connectivity index (χ0v) is 25.8. The number of aryl methyl sites for hydroxylation is 1. The standard InChI is InChI=1S/C30H39F2N7O2S/c1-8-38-13-11-21(12-14-38)29(42(7,40)41)19(4)9-10-26(33-6)36-30-34-17-24(32)27(37-30)22-15-23(31)28-25(16-22)39(18(2)3)20(5)35-28/h9-10,15-18,21,29H,6,8,11-14H2,1-5,7H3,(H,34,36,37)/b19-9+,26-10+/t29-/m0/s1. The second kappa shape index (κ2) is 12.8. The predicted molar refractivity (Wildman–Crippen MR) is 164 cm³/mol. The summed E-state index contributed by atoms with van der Waals surface area (Å²) in [6.45, 7) is 15.9. The Kier molecular flexibility index (Phi) is 9.56. The lowest BCUT2D eigenvalue weighted by Crippen LogP contribution is -2.40. The number of allylic oxidation sites excluding steroid dienone is 2. The molecule has 1 aromatic carbocycles. The predicted octanol–water partition coefficient (Wildman–Crippen LogP) is 5.71. The van der Waals surface area contributed by atoms with Gasteiger partial charge in [-0.05, 0) is 91.0 Å². The Balaban J connectivity index is 1.63. The van der Waals surface area contributed by atoms with E-state index in [1.54, 1.807) is 32.1 Å². The van der Waals surface area contributed by atoms with Crippen LogP contribution in [0.2, 0.25) is 0 Å². The van der Waals surface area contributed by atoms with Gasteiger partial charge in [0, 0.05) is 17.9 Å². The Bertz CT molecular complexity index is 1640. The number of piperidine rings is 1. The van der Waals surface area contributed by atoms with Crippen LogP contribution in [0.4, 0.5) is 14.7 Å². The maximum atomic E-state index is 15.0. The topological polar surface area (TPSA) is 105 Å². The van der Waals surface area contributed by atoms with Crippen LogP contribution in [0.25, 0.3) is 22.3 Å². The fraction of sp³-hybridized carbons (Fsp3) is 0.467. The van der Waals surface area contributed by atoms with E-state index in [1.807, 2.05) is 18.4 Å². The van der Waals surface area contributed by atoms with Crippen LogP contribution in [-0.2, 0) is 9.84 Å². The number of aromatic nitrogens is 4. The van der Waals surface area contributed by atoms with Crippen LogP contribution >= 0.6 is 0 Å². The van der Waals surface area contributed by atoms with Crippen molar-refractivity contribution in [2.75, 3.05) is 31.2 Å². The van der Waals surface area contributed by atoms with Crippen molar-refractivity contribution in [2.45, 2.75) is 58.8 Å². The number of nitrogens with one attached hydrogen (secondary N) is 1. The van der Waals surface area contributed by atoms with E-state index in [0.717, 1.165) is 38.7 Å². The first-order valence-corrected chi connectivity index (χ1v) is 16.0. The third-order valence-electron chi connectivity index (χ3n) is 7.79. The lowest BCUT2D eigenvalue weighted by Gasteiger charge is -2.35. The van der Waals surface area contributed by atoms with Crippen molar-refractivity contribution in [1.82, 2.24) is 24.4 Å². The maximum absolute atomic E-state index is 15.0. The first-order valence-electron chi connectivity index (χ1n) is 14.1. The third-order valence-corrected chi connectivity index (χ3v) is 9.47. The molecule has 0 unspecified atom stereocenters. The lowest BCUT2D eigenvalue weighted by atomic mass is 9.89. The van der Waals surface area contributed by atoms with Gasteiger partial charge in [0.2, 0.25) is 5.95 Å². The van der Waals surface area contributed by atoms with Crippen LogP contribution in [-0.4, -0.2) is 70.7 Å². The minimum atomic E-state index is -3.35. The Morgan fingerprint density at radius 1 is 1.19 bits per heavy atom. The summed E-state index contributed by atoms with van der Waals surface area (Å²) >= 11 is 0. The highest BCUT2D eigenvalue weighted by molar-refractivity contribution is 7.91. The average Bonchev–Trinajstić information content (AvgIpc) is 3.28. The van der Waals surface area contributed by atoms with Gasteiger partial charge in [-0.3, -0.25) is 0 Å². The fourth-order valence-electron chi connectivity index (χ4n) is 5.87. The van der Waals surface area contributed by atoms with Gasteiger partial charge in [0.25, 0.3) is 0 Å². The number of rotatable bonds is 10. The van der Waals surface area contributed by atoms with Gasteiger partial charge in [-0.25, -0.2) is 37.1 Å². The number of aliphatic imine (C=N–C) groups is 1. The second-order valence-electron chi connectivity index (χ2n) is 11.1. The molecule has 1 atom stereocenters. The molecule has 4 rings (SSSR count). The molecule has 1 aliphatic heterocycles. The minimum absolute atomic E-state index is 0.0198. The molecule has 226 valence electrons. The normalized spacial score (nSPS) is 16.8. The van der Waals surface area contributed by atoms with Crippen molar-refractivity contribution >= 4 is 33.5 Å². The molecule has 9 nitrogen and oxygen atoms in total. The molecule has 0 spiro atoms. The number of hydrogen-bond acceptors (Lipinski definition) is 8. The molecule has 3 aromatic rings. The quantitative estimate of drug-likeness (QED) is 0.235. The second-order valence-corrected chi connectivity index (χ2v) is 13.3. The van der Waals surface area contributed by atoms with E-state index < -0.39 is 26.7 Å². The van der Waals surface area contributed by atoms with Crippen LogP contribution in [0.3, 0.4) is 0 Å². The highest BCUT2D eigenvalue weighted by Gasteiger charge is 2.33. The zero-order chi connectivity index (χ0) is 30.8. The number of halogens is 2. The van der Waals surface area contributed by atoms with E-state index in [0.29, 0.717) is 16.9 Å². The third kappa shape index (κ3) is 6.75. The van der Waals surface area contributed by atoms with Crippen LogP contribution < -0.4 is 5.32 Å². The van der Waals surface area contributed by atoms with Gasteiger partial charge >= 0.3 is 0 Å². The average molecular weight is 600 g/mol. The molecular formula is C30H39F2N7O2S. The number of anilines is 1. The summed E-state index contributed by atoms with van der Waals surface area (Å²) in [5, 5.41) is 2.30. The molecule has 42 heavy (non-hydrogen) atoms. The lowest BCUT2D eigenvalue weighted by molar-refractivity contribution is 0.193. The van der Waals surface area contributed by atoms with Crippen LogP contribution in [0.1, 0.15) is 52.4 Å². The van der Waals surface area contributed by atoms with E-state index in [1.165, 1.54) is 12.3 Å². The molecule has 1 fully saturated rings. The molecule has 1 N–H and O–H groups in total. The van der Waals surface area contributed by atoms with Gasteiger partial charge in [0.1, 0.15) is 22.9 Å². The molecule has 1 saturated heterocycles. The largest absolute Gasteiger partial charge is 0.326 e. The molecule has 0 radical (unpaired) electrons. The number of nitrogens with zero attached hydrogens (tertiary/aromatic N) is 6. The molecule has 12 heteroatoms. The maximum Gasteiger partial charge on any atom is 0.229 e. The van der Waals surface area contributed by atoms with Gasteiger partial charge in [-0.2, -0.15) is 0 Å². The Morgan fingerprint density at radius 3 is 2.48 bits per heavy atom. The van der Waals surface area contributed by atoms with Crippen molar-refractivity contribution in [1.29, 1.82) is 0 Å². The molecule has 0 bridgehead atoms. The highest BCUT2D eigenvalue weighted by atomic mass is 32.2. The smallest absolute Gasteiger partial charge is 0.229 e. The number of hydrogen-bond donors (Lipinski definition) is 1. The monoisotopic (exact) mass is 599 g/mol. The van der Waals surface area contributed by atoms with Gasteiger partial charge in [0.05, 0.1) is 17.0 Å². The van der Waals surface area contributed by atoms with Crippen molar-refractivity contribution in [3.8, 4) is 11.3 Å². The number of benzene rings is 1. The van der Waals surface area contributed by atoms with E-state index in [4.69, 9.17) is 0 Å². The molecule has 2 aromatic heterocycles. The van der Waals surface area contributed by atoms with Crippen LogP contribution in [0, 0.1) is 24.5 Å². The van der Waals surface area contributed by atoms with Crippen molar-refractivity contribution in [3.63, 3.8) is 0 Å². The minimum Gasteiger partial charge on any atom is -0.326 e. The number of imidazole rings is 1. The molecule has 0 saturated carbocycles. The van der Waals surface area contributed by atoms with E-state index in [-0.39, 0.29) is 40.5 Å². The Morgan fingerprint density at radius 2 is 1.88 bits per heavy atom. The molecule has 0 aliphatic carbocycles. The number of likely N-dealkylation sites (tertiary alicyclic amines) is 1. The zero-order valence-electron chi connectivity index (χ0n) is 25.0. The molecule has 3 heterocycles. The first kappa shape index (κ1) is 31.4. The van der Waals surface area contributed by atoms with Crippen molar-refractivity contribution in [3.05, 3.63) is 59.3 Å². The van der Waals surface area contributed by atoms with Crippen LogP contribution in [0.5, 0.6) is 0 Å². The van der Waals surface area contributed by atoms with Gasteiger partial charge in [-0.1, -0.05) is 18.6 Å². The summed E-state index contributed by atoms with van der Waals surface area (Å²) in [5.41, 5.74) is 1.59. The van der Waals surface area contributed by atoms with Gasteiger partial charge in [0.15, 0.2) is 21.5 Å². The molecule has 1 aliphatic rings. The van der Waals surface area contributed by atoms with Crippen molar-refractivity contribution < 1.29 is 17.2 Å². The summed E-state index contributed by atoms with van der Waals surface area (Å²) in [5.74, 6) is -0.345. The van der Waals surface area contributed by atoms with Crippen molar-refractivity contribution in [2.24, 2.45) is 10.9 Å². The molecular weight excluding hydrogens is 560 g/mol. The van der Waals surface area contributed by atoms with E-state index in [2.05, 4.69) is 43.8 Å². The summed E-state index contributed by atoms with van der Waals surface area (Å²) < 4.78 is 57.4.